The summed E-state index contributed by atoms with van der Waals surface area (Å²) in [7, 11) is 0. The van der Waals surface area contributed by atoms with E-state index >= 15 is 0 Å². The number of carbonyl (C=O) groups excluding carboxylic acids is 1. The van der Waals surface area contributed by atoms with Crippen LogP contribution < -0.4 is 0 Å². The molecule has 4 saturated carbocycles. The van der Waals surface area contributed by atoms with Gasteiger partial charge in [-0.05, 0) is 103 Å². The van der Waals surface area contributed by atoms with Gasteiger partial charge in [0.1, 0.15) is 0 Å². The molecule has 0 aromatic heterocycles. The number of non-ortho nitro benzene ring substituents is 1. The molecule has 0 radical (unpaired) electrons. The van der Waals surface area contributed by atoms with Crippen LogP contribution in [0.2, 0.25) is 0 Å². The number of fused-ring (bicyclic) bond motifs is 5. The topological polar surface area (TPSA) is 60.2 Å². The quantitative estimate of drug-likeness (QED) is 0.316. The lowest BCUT2D eigenvalue weighted by Crippen LogP contribution is -2.52. The lowest BCUT2D eigenvalue weighted by Gasteiger charge is -2.59. The van der Waals surface area contributed by atoms with Crippen LogP contribution in [0.15, 0.2) is 29.8 Å². The molecule has 0 unspecified atom stereocenters. The molecule has 4 fully saturated rings. The van der Waals surface area contributed by atoms with Crippen LogP contribution in [0.4, 0.5) is 5.69 Å². The molecule has 4 aliphatic rings. The molecule has 1 aromatic carbocycles. The number of nitro groups is 1. The highest BCUT2D eigenvalue weighted by atomic mass is 16.6. The minimum atomic E-state index is -0.379. The molecule has 6 atom stereocenters. The number of hydrogen-bond acceptors (Lipinski definition) is 3. The monoisotopic (exact) mass is 407 g/mol. The Morgan fingerprint density at radius 3 is 2.50 bits per heavy atom. The normalized spacial score (nSPS) is 41.8. The lowest BCUT2D eigenvalue weighted by molar-refractivity contribution is -0.384. The van der Waals surface area contributed by atoms with Crippen molar-refractivity contribution in [3.05, 3.63) is 45.5 Å². The molecular weight excluding hydrogens is 374 g/mol. The Morgan fingerprint density at radius 1 is 1.00 bits per heavy atom. The highest BCUT2D eigenvalue weighted by Crippen LogP contribution is 2.66. The van der Waals surface area contributed by atoms with E-state index in [1.807, 2.05) is 6.08 Å². The van der Waals surface area contributed by atoms with Gasteiger partial charge in [-0.15, -0.1) is 0 Å². The lowest BCUT2D eigenvalue weighted by atomic mass is 9.45. The first-order valence-corrected chi connectivity index (χ1v) is 11.8. The second kappa shape index (κ2) is 7.03. The van der Waals surface area contributed by atoms with Gasteiger partial charge in [0, 0.05) is 17.5 Å². The van der Waals surface area contributed by atoms with Crippen molar-refractivity contribution in [1.29, 1.82) is 0 Å². The van der Waals surface area contributed by atoms with Crippen molar-refractivity contribution in [2.75, 3.05) is 0 Å². The second-order valence-corrected chi connectivity index (χ2v) is 10.9. The summed E-state index contributed by atoms with van der Waals surface area (Å²) >= 11 is 0. The van der Waals surface area contributed by atoms with Crippen molar-refractivity contribution in [1.82, 2.24) is 0 Å². The summed E-state index contributed by atoms with van der Waals surface area (Å²) in [5, 5.41) is 10.9. The molecule has 0 bridgehead atoms. The van der Waals surface area contributed by atoms with Crippen LogP contribution >= 0.6 is 0 Å². The van der Waals surface area contributed by atoms with Gasteiger partial charge in [0.15, 0.2) is 5.78 Å². The number of hydrogen-bond donors (Lipinski definition) is 0. The first-order valence-electron chi connectivity index (χ1n) is 11.8. The molecule has 0 heterocycles. The van der Waals surface area contributed by atoms with Crippen LogP contribution in [0, 0.1) is 44.6 Å². The van der Waals surface area contributed by atoms with Gasteiger partial charge in [0.25, 0.3) is 5.69 Å². The third-order valence-corrected chi connectivity index (χ3v) is 9.67. The van der Waals surface area contributed by atoms with Gasteiger partial charge in [-0.3, -0.25) is 14.9 Å². The SMILES string of the molecule is C[C@]12CCCC[C@@H]1CC[C@H]1[C@H]2CC[C@]2(C)C(=O)/C(=C/c3ccc([N+](=O)[O-])cc3)C[C@H]12. The first-order chi connectivity index (χ1) is 14.3. The van der Waals surface area contributed by atoms with Gasteiger partial charge in [0.2, 0.25) is 0 Å². The summed E-state index contributed by atoms with van der Waals surface area (Å²) < 4.78 is 0. The fraction of sp³-hybridized carbons (Fsp3) is 0.654. The molecule has 5 rings (SSSR count). The van der Waals surface area contributed by atoms with E-state index in [4.69, 9.17) is 0 Å². The minimum absolute atomic E-state index is 0.0934. The van der Waals surface area contributed by atoms with Gasteiger partial charge in [-0.2, -0.15) is 0 Å². The van der Waals surface area contributed by atoms with Crippen molar-refractivity contribution >= 4 is 17.5 Å². The van der Waals surface area contributed by atoms with Gasteiger partial charge in [-0.25, -0.2) is 0 Å². The molecule has 30 heavy (non-hydrogen) atoms. The molecule has 4 nitrogen and oxygen atoms in total. The zero-order valence-corrected chi connectivity index (χ0v) is 18.2. The number of nitrogens with zero attached hydrogens (tertiary/aromatic N) is 1. The van der Waals surface area contributed by atoms with Gasteiger partial charge < -0.3 is 0 Å². The Bertz CT molecular complexity index is 903. The average Bonchev–Trinajstić information content (AvgIpc) is 2.98. The van der Waals surface area contributed by atoms with Crippen LogP contribution in [0.25, 0.3) is 6.08 Å². The van der Waals surface area contributed by atoms with Crippen molar-refractivity contribution in [2.45, 2.75) is 71.6 Å². The van der Waals surface area contributed by atoms with Crippen molar-refractivity contribution in [2.24, 2.45) is 34.5 Å². The summed E-state index contributed by atoms with van der Waals surface area (Å²) in [5.41, 5.74) is 2.19. The number of benzene rings is 1. The number of nitro benzene ring substituents is 1. The van der Waals surface area contributed by atoms with E-state index in [9.17, 15) is 14.9 Å². The van der Waals surface area contributed by atoms with Crippen molar-refractivity contribution in [3.63, 3.8) is 0 Å². The molecule has 0 saturated heterocycles. The predicted octanol–water partition coefficient (Wildman–Crippen LogP) is 6.59. The highest BCUT2D eigenvalue weighted by molar-refractivity contribution is 6.05. The minimum Gasteiger partial charge on any atom is -0.294 e. The maximum atomic E-state index is 13.5. The third kappa shape index (κ3) is 2.90. The van der Waals surface area contributed by atoms with Crippen LogP contribution in [0.1, 0.15) is 77.2 Å². The van der Waals surface area contributed by atoms with Crippen molar-refractivity contribution in [3.8, 4) is 0 Å². The standard InChI is InChI=1S/C26H33NO3/c1-25-13-4-3-5-19(25)8-11-21-22(25)12-14-26(2)23(21)16-18(24(26)28)15-17-6-9-20(10-7-17)27(29)30/h6-7,9-10,15,19,21-23H,3-5,8,11-14,16H2,1-2H3/b18-15+/t19-,21+,22-,23-,25+,26+/m1/s1. The summed E-state index contributed by atoms with van der Waals surface area (Å²) in [6, 6.07) is 6.59. The third-order valence-electron chi connectivity index (χ3n) is 9.67. The summed E-state index contributed by atoms with van der Waals surface area (Å²) in [4.78, 5) is 24.0. The molecule has 4 aliphatic carbocycles. The van der Waals surface area contributed by atoms with Crippen LogP contribution in [0.5, 0.6) is 0 Å². The number of allylic oxidation sites excluding steroid dienone is 1. The number of carbonyl (C=O) groups is 1. The van der Waals surface area contributed by atoms with Gasteiger partial charge in [-0.1, -0.05) is 26.7 Å². The number of ketones is 1. The molecule has 1 aromatic rings. The van der Waals surface area contributed by atoms with Gasteiger partial charge in [0.05, 0.1) is 4.92 Å². The highest BCUT2D eigenvalue weighted by Gasteiger charge is 2.60. The van der Waals surface area contributed by atoms with Crippen LogP contribution in [-0.4, -0.2) is 10.7 Å². The average molecular weight is 408 g/mol. The fourth-order valence-corrected chi connectivity index (χ4v) is 7.99. The van der Waals surface area contributed by atoms with Crippen LogP contribution in [0.3, 0.4) is 0 Å². The predicted molar refractivity (Wildman–Crippen MR) is 118 cm³/mol. The van der Waals surface area contributed by atoms with Crippen molar-refractivity contribution < 1.29 is 9.72 Å². The van der Waals surface area contributed by atoms with E-state index in [0.29, 0.717) is 23.0 Å². The molecular formula is C26H33NO3. The molecule has 4 heteroatoms. The van der Waals surface area contributed by atoms with E-state index < -0.39 is 0 Å². The first kappa shape index (κ1) is 20.0. The zero-order valence-electron chi connectivity index (χ0n) is 18.2. The summed E-state index contributed by atoms with van der Waals surface area (Å²) in [6.07, 6.45) is 13.3. The fourth-order valence-electron chi connectivity index (χ4n) is 7.99. The smallest absolute Gasteiger partial charge is 0.269 e. The van der Waals surface area contributed by atoms with E-state index in [-0.39, 0.29) is 16.0 Å². The number of Topliss-reactive ketones (excluding diaryl/α,β-unsaturated/α-hetero) is 1. The second-order valence-electron chi connectivity index (χ2n) is 10.9. The van der Waals surface area contributed by atoms with E-state index in [1.54, 1.807) is 12.1 Å². The zero-order chi connectivity index (χ0) is 21.1. The summed E-state index contributed by atoms with van der Waals surface area (Å²) in [5.74, 6) is 3.15. The van der Waals surface area contributed by atoms with E-state index in [2.05, 4.69) is 13.8 Å². The Balaban J connectivity index is 1.43. The maximum absolute atomic E-state index is 13.5. The van der Waals surface area contributed by atoms with E-state index in [1.165, 1.54) is 57.1 Å². The molecule has 160 valence electrons. The van der Waals surface area contributed by atoms with Gasteiger partial charge >= 0.3 is 0 Å². The Hall–Kier alpha value is -1.97. The largest absolute Gasteiger partial charge is 0.294 e. The maximum Gasteiger partial charge on any atom is 0.269 e. The van der Waals surface area contributed by atoms with E-state index in [0.717, 1.165) is 35.8 Å². The molecule has 0 aliphatic heterocycles. The molecule has 0 N–H and O–H groups in total. The molecule has 0 amide bonds. The summed E-state index contributed by atoms with van der Waals surface area (Å²) in [6.45, 7) is 4.79. The Labute approximate surface area is 179 Å². The Kier molecular flexibility index (Phi) is 4.68. The Morgan fingerprint density at radius 2 is 1.77 bits per heavy atom. The molecule has 0 spiro atoms. The van der Waals surface area contributed by atoms with Crippen LogP contribution in [-0.2, 0) is 4.79 Å². The number of rotatable bonds is 2.